The summed E-state index contributed by atoms with van der Waals surface area (Å²) in [6, 6.07) is 0. The van der Waals surface area contributed by atoms with Gasteiger partial charge in [-0.05, 0) is 31.1 Å². The van der Waals surface area contributed by atoms with Gasteiger partial charge in [0.2, 0.25) is 0 Å². The van der Waals surface area contributed by atoms with Gasteiger partial charge >= 0.3 is 0 Å². The van der Waals surface area contributed by atoms with Crippen molar-refractivity contribution in [2.45, 2.75) is 26.2 Å². The van der Waals surface area contributed by atoms with Crippen molar-refractivity contribution >= 4 is 8.58 Å². The average Bonchev–Trinajstić information content (AvgIpc) is 1.90. The summed E-state index contributed by atoms with van der Waals surface area (Å²) in [5.41, 5.74) is 0. The summed E-state index contributed by atoms with van der Waals surface area (Å²) in [5.74, 6) is 1.10. The molecule has 1 saturated heterocycles. The average molecular weight is 130 g/mol. The van der Waals surface area contributed by atoms with Crippen molar-refractivity contribution in [1.82, 2.24) is 0 Å². The van der Waals surface area contributed by atoms with Crippen molar-refractivity contribution in [2.75, 3.05) is 12.3 Å². The fourth-order valence-corrected chi connectivity index (χ4v) is 2.83. The smallest absolute Gasteiger partial charge is 0.0325 e. The van der Waals surface area contributed by atoms with Gasteiger partial charge < -0.3 is 0 Å². The van der Waals surface area contributed by atoms with Crippen molar-refractivity contribution in [2.24, 2.45) is 5.92 Å². The van der Waals surface area contributed by atoms with E-state index in [0.29, 0.717) is 0 Å². The Hall–Kier alpha value is 0.430. The molecule has 0 aromatic rings. The molecular formula is C7H15P. The largest absolute Gasteiger partial charge is 0.122 e. The first-order chi connectivity index (χ1) is 3.93. The maximum absolute atomic E-state index is 2.32. The molecule has 8 heavy (non-hydrogen) atoms. The van der Waals surface area contributed by atoms with Crippen molar-refractivity contribution in [3.63, 3.8) is 0 Å². The van der Waals surface area contributed by atoms with E-state index in [1.807, 2.05) is 0 Å². The van der Waals surface area contributed by atoms with Crippen LogP contribution in [0.2, 0.25) is 0 Å². The summed E-state index contributed by atoms with van der Waals surface area (Å²) < 4.78 is 0. The van der Waals surface area contributed by atoms with E-state index in [9.17, 15) is 0 Å². The summed E-state index contributed by atoms with van der Waals surface area (Å²) in [7, 11) is 1.29. The van der Waals surface area contributed by atoms with Gasteiger partial charge in [0, 0.05) is 0 Å². The van der Waals surface area contributed by atoms with Crippen LogP contribution in [0.1, 0.15) is 26.2 Å². The summed E-state index contributed by atoms with van der Waals surface area (Å²) >= 11 is 0. The van der Waals surface area contributed by atoms with Crippen LogP contribution < -0.4 is 0 Å². The molecule has 0 aliphatic carbocycles. The Kier molecular flexibility index (Phi) is 2.83. The Balaban J connectivity index is 2.13. The molecule has 0 saturated carbocycles. The Morgan fingerprint density at radius 2 is 2.50 bits per heavy atom. The summed E-state index contributed by atoms with van der Waals surface area (Å²) in [6.45, 7) is 2.32. The van der Waals surface area contributed by atoms with Crippen LogP contribution in [-0.2, 0) is 0 Å². The molecule has 1 aliphatic rings. The molecule has 2 atom stereocenters. The normalized spacial score (nSPS) is 33.4. The first kappa shape index (κ1) is 6.55. The third kappa shape index (κ3) is 1.74. The molecule has 1 rings (SSSR count). The molecule has 1 fully saturated rings. The van der Waals surface area contributed by atoms with E-state index in [2.05, 4.69) is 6.92 Å². The van der Waals surface area contributed by atoms with E-state index in [4.69, 9.17) is 0 Å². The second-order valence-electron chi connectivity index (χ2n) is 2.62. The van der Waals surface area contributed by atoms with Crippen molar-refractivity contribution in [1.29, 1.82) is 0 Å². The molecule has 48 valence electrons. The summed E-state index contributed by atoms with van der Waals surface area (Å²) in [6.07, 6.45) is 7.51. The quantitative estimate of drug-likeness (QED) is 0.478. The molecule has 0 N–H and O–H groups in total. The zero-order valence-electron chi connectivity index (χ0n) is 5.61. The molecule has 0 bridgehead atoms. The van der Waals surface area contributed by atoms with Gasteiger partial charge in [-0.15, -0.1) is 8.58 Å². The van der Waals surface area contributed by atoms with E-state index in [0.717, 1.165) is 5.92 Å². The van der Waals surface area contributed by atoms with Crippen molar-refractivity contribution in [3.8, 4) is 0 Å². The highest BCUT2D eigenvalue weighted by atomic mass is 31.1. The molecule has 0 amide bonds. The lowest BCUT2D eigenvalue weighted by atomic mass is 10.0. The number of hydrogen-bond donors (Lipinski definition) is 0. The van der Waals surface area contributed by atoms with Crippen LogP contribution >= 0.6 is 8.58 Å². The Bertz CT molecular complexity index is 55.4. The molecule has 1 heteroatoms. The predicted molar refractivity (Wildman–Crippen MR) is 41.1 cm³/mol. The lowest BCUT2D eigenvalue weighted by molar-refractivity contribution is 0.505. The van der Waals surface area contributed by atoms with Crippen LogP contribution in [0.25, 0.3) is 0 Å². The second-order valence-corrected chi connectivity index (χ2v) is 4.03. The van der Waals surface area contributed by atoms with Gasteiger partial charge in [0.05, 0.1) is 0 Å². The Labute approximate surface area is 53.8 Å². The van der Waals surface area contributed by atoms with Crippen LogP contribution in [0.4, 0.5) is 0 Å². The summed E-state index contributed by atoms with van der Waals surface area (Å²) in [5, 5.41) is 0. The lowest BCUT2D eigenvalue weighted by Gasteiger charge is -2.19. The molecule has 0 aromatic heterocycles. The number of hydrogen-bond acceptors (Lipinski definition) is 0. The SMILES string of the molecule is CCC1CCCPC1. The monoisotopic (exact) mass is 130 g/mol. The standard InChI is InChI=1S/C7H15P/c1-2-7-4-3-5-8-6-7/h7-8H,2-6H2,1H3. The van der Waals surface area contributed by atoms with Crippen LogP contribution in [0, 0.1) is 5.92 Å². The van der Waals surface area contributed by atoms with E-state index < -0.39 is 0 Å². The van der Waals surface area contributed by atoms with Gasteiger partial charge in [0.15, 0.2) is 0 Å². The summed E-state index contributed by atoms with van der Waals surface area (Å²) in [4.78, 5) is 0. The van der Waals surface area contributed by atoms with Crippen LogP contribution in [-0.4, -0.2) is 12.3 Å². The van der Waals surface area contributed by atoms with Gasteiger partial charge in [-0.3, -0.25) is 0 Å². The molecular weight excluding hydrogens is 115 g/mol. The third-order valence-corrected chi connectivity index (χ3v) is 3.55. The van der Waals surface area contributed by atoms with Crippen molar-refractivity contribution in [3.05, 3.63) is 0 Å². The highest BCUT2D eigenvalue weighted by molar-refractivity contribution is 7.38. The van der Waals surface area contributed by atoms with Gasteiger partial charge in [-0.25, -0.2) is 0 Å². The molecule has 1 aliphatic heterocycles. The highest BCUT2D eigenvalue weighted by Crippen LogP contribution is 2.28. The fourth-order valence-electron chi connectivity index (χ4n) is 1.27. The predicted octanol–water partition coefficient (Wildman–Crippen LogP) is 2.48. The van der Waals surface area contributed by atoms with E-state index >= 15 is 0 Å². The van der Waals surface area contributed by atoms with E-state index in [1.54, 1.807) is 0 Å². The zero-order valence-corrected chi connectivity index (χ0v) is 6.61. The van der Waals surface area contributed by atoms with Gasteiger partial charge in [-0.2, -0.15) is 0 Å². The Morgan fingerprint density at radius 3 is 2.88 bits per heavy atom. The topological polar surface area (TPSA) is 0 Å². The minimum absolute atomic E-state index is 1.10. The molecule has 0 nitrogen and oxygen atoms in total. The van der Waals surface area contributed by atoms with Crippen LogP contribution in [0.3, 0.4) is 0 Å². The van der Waals surface area contributed by atoms with Gasteiger partial charge in [0.25, 0.3) is 0 Å². The minimum Gasteiger partial charge on any atom is -0.122 e. The van der Waals surface area contributed by atoms with E-state index in [1.165, 1.54) is 40.2 Å². The van der Waals surface area contributed by atoms with Gasteiger partial charge in [0.1, 0.15) is 0 Å². The third-order valence-electron chi connectivity index (χ3n) is 1.98. The molecule has 0 spiro atoms. The molecule has 1 heterocycles. The van der Waals surface area contributed by atoms with Crippen LogP contribution in [0.15, 0.2) is 0 Å². The highest BCUT2D eigenvalue weighted by Gasteiger charge is 2.09. The fraction of sp³-hybridized carbons (Fsp3) is 1.00. The van der Waals surface area contributed by atoms with Crippen molar-refractivity contribution < 1.29 is 0 Å². The zero-order chi connectivity index (χ0) is 5.82. The van der Waals surface area contributed by atoms with Gasteiger partial charge in [-0.1, -0.05) is 13.3 Å². The molecule has 2 unspecified atom stereocenters. The maximum atomic E-state index is 2.32. The number of rotatable bonds is 1. The minimum atomic E-state index is 1.10. The lowest BCUT2D eigenvalue weighted by Crippen LogP contribution is -2.06. The molecule has 0 aromatic carbocycles. The van der Waals surface area contributed by atoms with Crippen LogP contribution in [0.5, 0.6) is 0 Å². The second kappa shape index (κ2) is 3.45. The molecule has 0 radical (unpaired) electrons. The van der Waals surface area contributed by atoms with E-state index in [-0.39, 0.29) is 0 Å². The first-order valence-electron chi connectivity index (χ1n) is 3.64. The first-order valence-corrected chi connectivity index (χ1v) is 5.05. The Morgan fingerprint density at radius 1 is 1.62 bits per heavy atom. The maximum Gasteiger partial charge on any atom is -0.0325 e.